The Kier molecular flexibility index (Phi) is 6.34. The fraction of sp³-hybridized carbons (Fsp3) is 0.333. The van der Waals surface area contributed by atoms with Crippen LogP contribution in [0.25, 0.3) is 0 Å². The van der Waals surface area contributed by atoms with Crippen molar-refractivity contribution in [1.82, 2.24) is 5.32 Å². The molecule has 3 rings (SSSR count). The summed E-state index contributed by atoms with van der Waals surface area (Å²) in [6.07, 6.45) is 0.0335. The van der Waals surface area contributed by atoms with Crippen molar-refractivity contribution < 1.29 is 9.53 Å². The molecule has 1 amide bonds. The normalized spacial score (nSPS) is 18.9. The van der Waals surface area contributed by atoms with E-state index < -0.39 is 0 Å². The van der Waals surface area contributed by atoms with Crippen LogP contribution in [0, 0.1) is 6.92 Å². The topological polar surface area (TPSA) is 50.7 Å². The first kappa shape index (κ1) is 18.5. The number of carbonyl (C=O) groups excluding carboxylic acids is 1. The number of nitrogens with zero attached hydrogens (tertiary/aromatic N) is 1. The van der Waals surface area contributed by atoms with Crippen LogP contribution < -0.4 is 5.32 Å². The van der Waals surface area contributed by atoms with Crippen molar-refractivity contribution in [2.75, 3.05) is 11.5 Å². The standard InChI is InChI=1S/C21H24N2O2S/c1-15-8-10-18(11-9-15)21-23-19(16(2)25-21)13-26-14-20(24)22-12-17-6-4-3-5-7-17/h3-11,16,19H,12-14H2,1-2H3,(H,22,24). The molecule has 2 aromatic rings. The minimum Gasteiger partial charge on any atom is -0.472 e. The molecule has 5 heteroatoms. The summed E-state index contributed by atoms with van der Waals surface area (Å²) in [5.74, 6) is 1.96. The van der Waals surface area contributed by atoms with Gasteiger partial charge >= 0.3 is 0 Å². The van der Waals surface area contributed by atoms with Gasteiger partial charge < -0.3 is 10.1 Å². The Morgan fingerprint density at radius 3 is 2.62 bits per heavy atom. The molecule has 2 unspecified atom stereocenters. The molecule has 0 saturated heterocycles. The quantitative estimate of drug-likeness (QED) is 0.813. The third-order valence-corrected chi connectivity index (χ3v) is 5.32. The van der Waals surface area contributed by atoms with Crippen LogP contribution in [-0.4, -0.2) is 35.5 Å². The third-order valence-electron chi connectivity index (χ3n) is 4.28. The van der Waals surface area contributed by atoms with Crippen LogP contribution in [0.4, 0.5) is 0 Å². The predicted molar refractivity (Wildman–Crippen MR) is 108 cm³/mol. The number of hydrogen-bond donors (Lipinski definition) is 1. The van der Waals surface area contributed by atoms with Crippen LogP contribution in [0.1, 0.15) is 23.6 Å². The van der Waals surface area contributed by atoms with Gasteiger partial charge in [-0.3, -0.25) is 4.79 Å². The van der Waals surface area contributed by atoms with Gasteiger partial charge in [0, 0.05) is 17.9 Å². The number of aryl methyl sites for hydroxylation is 1. The zero-order valence-corrected chi connectivity index (χ0v) is 16.0. The molecule has 1 heterocycles. The molecule has 0 aliphatic carbocycles. The minimum atomic E-state index is 0.0335. The van der Waals surface area contributed by atoms with Gasteiger partial charge in [-0.15, -0.1) is 11.8 Å². The van der Waals surface area contributed by atoms with Crippen LogP contribution in [0.5, 0.6) is 0 Å². The van der Waals surface area contributed by atoms with Crippen molar-refractivity contribution >= 4 is 23.6 Å². The molecule has 2 aromatic carbocycles. The number of carbonyl (C=O) groups is 1. The van der Waals surface area contributed by atoms with Crippen LogP contribution in [0.15, 0.2) is 59.6 Å². The van der Waals surface area contributed by atoms with Crippen molar-refractivity contribution in [1.29, 1.82) is 0 Å². The van der Waals surface area contributed by atoms with Gasteiger partial charge in [-0.1, -0.05) is 48.0 Å². The van der Waals surface area contributed by atoms with Gasteiger partial charge in [0.15, 0.2) is 0 Å². The molecule has 1 aliphatic heterocycles. The second kappa shape index (κ2) is 8.90. The molecule has 0 spiro atoms. The molecule has 0 aromatic heterocycles. The highest BCUT2D eigenvalue weighted by atomic mass is 32.2. The SMILES string of the molecule is Cc1ccc(C2=NC(CSCC(=O)NCc3ccccc3)C(C)O2)cc1. The number of thioether (sulfide) groups is 1. The van der Waals surface area contributed by atoms with Gasteiger partial charge in [0.25, 0.3) is 0 Å². The average molecular weight is 369 g/mol. The molecule has 2 atom stereocenters. The summed E-state index contributed by atoms with van der Waals surface area (Å²) in [7, 11) is 0. The molecular formula is C21H24N2O2S. The average Bonchev–Trinajstić information content (AvgIpc) is 3.02. The van der Waals surface area contributed by atoms with Gasteiger partial charge in [-0.2, -0.15) is 0 Å². The highest BCUT2D eigenvalue weighted by Crippen LogP contribution is 2.21. The number of nitrogens with one attached hydrogen (secondary N) is 1. The summed E-state index contributed by atoms with van der Waals surface area (Å²) in [6.45, 7) is 4.66. The Hall–Kier alpha value is -2.27. The van der Waals surface area contributed by atoms with Crippen LogP contribution in [0.3, 0.4) is 0 Å². The lowest BCUT2D eigenvalue weighted by atomic mass is 10.1. The molecule has 136 valence electrons. The highest BCUT2D eigenvalue weighted by Gasteiger charge is 2.27. The van der Waals surface area contributed by atoms with E-state index in [1.807, 2.05) is 49.4 Å². The lowest BCUT2D eigenvalue weighted by Crippen LogP contribution is -2.26. The number of rotatable bonds is 7. The second-order valence-corrected chi connectivity index (χ2v) is 7.50. The number of hydrogen-bond acceptors (Lipinski definition) is 4. The minimum absolute atomic E-state index is 0.0335. The van der Waals surface area contributed by atoms with Crippen molar-refractivity contribution in [2.24, 2.45) is 4.99 Å². The first-order valence-electron chi connectivity index (χ1n) is 8.81. The molecule has 4 nitrogen and oxygen atoms in total. The Balaban J connectivity index is 1.44. The van der Waals surface area contributed by atoms with Gasteiger partial charge in [0.05, 0.1) is 11.8 Å². The van der Waals surface area contributed by atoms with E-state index in [0.29, 0.717) is 18.2 Å². The van der Waals surface area contributed by atoms with E-state index in [2.05, 4.69) is 24.4 Å². The number of benzene rings is 2. The molecular weight excluding hydrogens is 344 g/mol. The molecule has 1 N–H and O–H groups in total. The summed E-state index contributed by atoms with van der Waals surface area (Å²) in [4.78, 5) is 16.7. The first-order valence-corrected chi connectivity index (χ1v) is 9.97. The first-order chi connectivity index (χ1) is 12.6. The lowest BCUT2D eigenvalue weighted by molar-refractivity contribution is -0.118. The zero-order valence-electron chi connectivity index (χ0n) is 15.1. The second-order valence-electron chi connectivity index (χ2n) is 6.47. The van der Waals surface area contributed by atoms with E-state index in [1.165, 1.54) is 5.56 Å². The number of ether oxygens (including phenoxy) is 1. The van der Waals surface area contributed by atoms with E-state index in [1.54, 1.807) is 11.8 Å². The molecule has 0 radical (unpaired) electrons. The smallest absolute Gasteiger partial charge is 0.230 e. The summed E-state index contributed by atoms with van der Waals surface area (Å²) in [5.41, 5.74) is 3.33. The van der Waals surface area contributed by atoms with E-state index >= 15 is 0 Å². The molecule has 1 aliphatic rings. The Bertz CT molecular complexity index is 759. The van der Waals surface area contributed by atoms with Crippen LogP contribution in [0.2, 0.25) is 0 Å². The summed E-state index contributed by atoms with van der Waals surface area (Å²) < 4.78 is 5.90. The van der Waals surface area contributed by atoms with Gasteiger partial charge in [0.1, 0.15) is 6.10 Å². The van der Waals surface area contributed by atoms with Gasteiger partial charge in [0.2, 0.25) is 11.8 Å². The third kappa shape index (κ3) is 5.11. The zero-order chi connectivity index (χ0) is 18.4. The fourth-order valence-corrected chi connectivity index (χ4v) is 3.66. The van der Waals surface area contributed by atoms with Crippen molar-refractivity contribution in [2.45, 2.75) is 32.5 Å². The van der Waals surface area contributed by atoms with Crippen LogP contribution in [-0.2, 0) is 16.1 Å². The molecule has 0 saturated carbocycles. The highest BCUT2D eigenvalue weighted by molar-refractivity contribution is 8.00. The Morgan fingerprint density at radius 2 is 1.88 bits per heavy atom. The van der Waals surface area contributed by atoms with Crippen LogP contribution >= 0.6 is 11.8 Å². The van der Waals surface area contributed by atoms with Crippen molar-refractivity contribution in [3.63, 3.8) is 0 Å². The summed E-state index contributed by atoms with van der Waals surface area (Å²) in [6, 6.07) is 18.2. The van der Waals surface area contributed by atoms with Crippen molar-refractivity contribution in [3.05, 3.63) is 71.3 Å². The van der Waals surface area contributed by atoms with Gasteiger partial charge in [-0.25, -0.2) is 4.99 Å². The monoisotopic (exact) mass is 368 g/mol. The number of aliphatic imine (C=N–C) groups is 1. The summed E-state index contributed by atoms with van der Waals surface area (Å²) >= 11 is 1.60. The maximum atomic E-state index is 12.0. The predicted octanol–water partition coefficient (Wildman–Crippen LogP) is 3.58. The fourth-order valence-electron chi connectivity index (χ4n) is 2.67. The maximum absolute atomic E-state index is 12.0. The van der Waals surface area contributed by atoms with Crippen molar-refractivity contribution in [3.8, 4) is 0 Å². The molecule has 26 heavy (non-hydrogen) atoms. The van der Waals surface area contributed by atoms with E-state index in [0.717, 1.165) is 16.9 Å². The largest absolute Gasteiger partial charge is 0.472 e. The Morgan fingerprint density at radius 1 is 1.15 bits per heavy atom. The molecule has 0 bridgehead atoms. The van der Waals surface area contributed by atoms with E-state index in [4.69, 9.17) is 9.73 Å². The maximum Gasteiger partial charge on any atom is 0.230 e. The van der Waals surface area contributed by atoms with E-state index in [-0.39, 0.29) is 18.1 Å². The summed E-state index contributed by atoms with van der Waals surface area (Å²) in [5, 5.41) is 2.95. The van der Waals surface area contributed by atoms with Gasteiger partial charge in [-0.05, 0) is 31.5 Å². The number of amides is 1. The Labute approximate surface area is 159 Å². The molecule has 0 fully saturated rings. The lowest BCUT2D eigenvalue weighted by Gasteiger charge is -2.12. The van der Waals surface area contributed by atoms with E-state index in [9.17, 15) is 4.79 Å².